The summed E-state index contributed by atoms with van der Waals surface area (Å²) in [7, 11) is 0. The number of rotatable bonds is 5. The minimum absolute atomic E-state index is 0.121. The number of nitrogens with zero attached hydrogens (tertiary/aromatic N) is 1. The van der Waals surface area contributed by atoms with Gasteiger partial charge in [-0.2, -0.15) is 0 Å². The lowest BCUT2D eigenvalue weighted by Crippen LogP contribution is -2.28. The van der Waals surface area contributed by atoms with Crippen molar-refractivity contribution in [2.24, 2.45) is 0 Å². The highest BCUT2D eigenvalue weighted by Crippen LogP contribution is 2.19. The Hall–Kier alpha value is -1.91. The van der Waals surface area contributed by atoms with E-state index >= 15 is 0 Å². The van der Waals surface area contributed by atoms with E-state index in [1.165, 1.54) is 0 Å². The van der Waals surface area contributed by atoms with Gasteiger partial charge in [0.15, 0.2) is 0 Å². The summed E-state index contributed by atoms with van der Waals surface area (Å²) >= 11 is 5.98. The standard InChI is InChI=1S/C15H16ClN3O/c1-11-8-17-7-6-12(11)9-18-10-15(20)19-14-5-3-2-4-13(14)16/h2-8,18H,9-10H2,1H3,(H,19,20). The third kappa shape index (κ3) is 4.05. The number of carbonyl (C=O) groups is 1. The Kier molecular flexibility index (Phi) is 5.09. The summed E-state index contributed by atoms with van der Waals surface area (Å²) in [5.74, 6) is -0.121. The fourth-order valence-electron chi connectivity index (χ4n) is 1.77. The monoisotopic (exact) mass is 289 g/mol. The predicted molar refractivity (Wildman–Crippen MR) is 80.8 cm³/mol. The number of nitrogens with one attached hydrogen (secondary N) is 2. The van der Waals surface area contributed by atoms with Gasteiger partial charge in [-0.1, -0.05) is 23.7 Å². The smallest absolute Gasteiger partial charge is 0.238 e. The molecule has 5 heteroatoms. The second-order valence-corrected chi connectivity index (χ2v) is 4.84. The molecule has 20 heavy (non-hydrogen) atoms. The number of pyridine rings is 1. The lowest BCUT2D eigenvalue weighted by Gasteiger charge is -2.09. The molecule has 0 aliphatic carbocycles. The molecule has 0 fully saturated rings. The number of halogens is 1. The summed E-state index contributed by atoms with van der Waals surface area (Å²) in [6.07, 6.45) is 3.55. The van der Waals surface area contributed by atoms with Crippen LogP contribution in [0, 0.1) is 6.92 Å². The molecule has 0 aliphatic rings. The van der Waals surface area contributed by atoms with Crippen LogP contribution in [0.4, 0.5) is 5.69 Å². The summed E-state index contributed by atoms with van der Waals surface area (Å²) in [5.41, 5.74) is 2.86. The van der Waals surface area contributed by atoms with E-state index in [1.807, 2.05) is 25.1 Å². The topological polar surface area (TPSA) is 54.0 Å². The van der Waals surface area contributed by atoms with Crippen molar-refractivity contribution in [2.75, 3.05) is 11.9 Å². The number of anilines is 1. The fourth-order valence-corrected chi connectivity index (χ4v) is 1.95. The van der Waals surface area contributed by atoms with Crippen LogP contribution in [-0.4, -0.2) is 17.4 Å². The zero-order chi connectivity index (χ0) is 14.4. The van der Waals surface area contributed by atoms with Gasteiger partial charge < -0.3 is 10.6 Å². The summed E-state index contributed by atoms with van der Waals surface area (Å²) in [4.78, 5) is 15.8. The molecule has 0 saturated carbocycles. The molecule has 2 N–H and O–H groups in total. The number of amides is 1. The van der Waals surface area contributed by atoms with Crippen molar-refractivity contribution in [2.45, 2.75) is 13.5 Å². The molecule has 4 nitrogen and oxygen atoms in total. The summed E-state index contributed by atoms with van der Waals surface area (Å²) in [5, 5.41) is 6.40. The minimum Gasteiger partial charge on any atom is -0.324 e. The molecule has 0 bridgehead atoms. The number of carbonyl (C=O) groups excluding carboxylic acids is 1. The summed E-state index contributed by atoms with van der Waals surface area (Å²) in [6.45, 7) is 2.85. The van der Waals surface area contributed by atoms with Crippen molar-refractivity contribution in [3.05, 3.63) is 58.9 Å². The maximum absolute atomic E-state index is 11.8. The van der Waals surface area contributed by atoms with Crippen LogP contribution < -0.4 is 10.6 Å². The van der Waals surface area contributed by atoms with Crippen molar-refractivity contribution in [3.8, 4) is 0 Å². The van der Waals surface area contributed by atoms with Gasteiger partial charge in [-0.05, 0) is 36.2 Å². The van der Waals surface area contributed by atoms with E-state index in [9.17, 15) is 4.79 Å². The largest absolute Gasteiger partial charge is 0.324 e. The second-order valence-electron chi connectivity index (χ2n) is 4.43. The molecule has 2 rings (SSSR count). The molecule has 1 aromatic heterocycles. The molecular formula is C15H16ClN3O. The van der Waals surface area contributed by atoms with Crippen LogP contribution in [0.25, 0.3) is 0 Å². The first-order valence-corrected chi connectivity index (χ1v) is 6.69. The number of aryl methyl sites for hydroxylation is 1. The lowest BCUT2D eigenvalue weighted by atomic mass is 10.1. The molecule has 0 aliphatic heterocycles. The Bertz CT molecular complexity index is 601. The lowest BCUT2D eigenvalue weighted by molar-refractivity contribution is -0.115. The summed E-state index contributed by atoms with van der Waals surface area (Å²) < 4.78 is 0. The molecule has 0 unspecified atom stereocenters. The Morgan fingerprint density at radius 3 is 2.85 bits per heavy atom. The van der Waals surface area contributed by atoms with E-state index in [2.05, 4.69) is 15.6 Å². The molecule has 0 radical (unpaired) electrons. The average Bonchev–Trinajstić information content (AvgIpc) is 2.43. The van der Waals surface area contributed by atoms with Gasteiger partial charge >= 0.3 is 0 Å². The molecule has 1 aromatic carbocycles. The number of hydrogen-bond donors (Lipinski definition) is 2. The molecule has 2 aromatic rings. The normalized spacial score (nSPS) is 10.3. The maximum atomic E-state index is 11.8. The third-order valence-corrected chi connectivity index (χ3v) is 3.22. The van der Waals surface area contributed by atoms with Crippen LogP contribution in [0.15, 0.2) is 42.7 Å². The predicted octanol–water partition coefficient (Wildman–Crippen LogP) is 2.77. The maximum Gasteiger partial charge on any atom is 0.238 e. The Morgan fingerprint density at radius 1 is 1.30 bits per heavy atom. The van der Waals surface area contributed by atoms with Gasteiger partial charge in [-0.3, -0.25) is 9.78 Å². The van der Waals surface area contributed by atoms with Crippen LogP contribution in [0.5, 0.6) is 0 Å². The van der Waals surface area contributed by atoms with Crippen LogP contribution in [-0.2, 0) is 11.3 Å². The zero-order valence-corrected chi connectivity index (χ0v) is 11.9. The van der Waals surface area contributed by atoms with Crippen molar-refractivity contribution in [1.29, 1.82) is 0 Å². The highest BCUT2D eigenvalue weighted by molar-refractivity contribution is 6.33. The van der Waals surface area contributed by atoms with Crippen LogP contribution in [0.2, 0.25) is 5.02 Å². The number of benzene rings is 1. The van der Waals surface area contributed by atoms with Crippen molar-refractivity contribution in [3.63, 3.8) is 0 Å². The Morgan fingerprint density at radius 2 is 2.10 bits per heavy atom. The van der Waals surface area contributed by atoms with E-state index in [4.69, 9.17) is 11.6 Å². The highest BCUT2D eigenvalue weighted by Gasteiger charge is 2.05. The molecular weight excluding hydrogens is 274 g/mol. The van der Waals surface area contributed by atoms with Gasteiger partial charge in [0, 0.05) is 18.9 Å². The van der Waals surface area contributed by atoms with Crippen LogP contribution in [0.3, 0.4) is 0 Å². The first-order chi connectivity index (χ1) is 9.66. The van der Waals surface area contributed by atoms with Gasteiger partial charge in [0.2, 0.25) is 5.91 Å². The number of aromatic nitrogens is 1. The van der Waals surface area contributed by atoms with E-state index < -0.39 is 0 Å². The Labute approximate surface area is 123 Å². The van der Waals surface area contributed by atoms with Crippen LogP contribution in [0.1, 0.15) is 11.1 Å². The van der Waals surface area contributed by atoms with E-state index in [-0.39, 0.29) is 12.5 Å². The number of hydrogen-bond acceptors (Lipinski definition) is 3. The molecule has 1 amide bonds. The molecule has 1 heterocycles. The highest BCUT2D eigenvalue weighted by atomic mass is 35.5. The second kappa shape index (κ2) is 7.03. The molecule has 0 saturated heterocycles. The fraction of sp³-hybridized carbons (Fsp3) is 0.200. The van der Waals surface area contributed by atoms with Gasteiger partial charge in [0.25, 0.3) is 0 Å². The van der Waals surface area contributed by atoms with E-state index in [1.54, 1.807) is 24.5 Å². The molecule has 0 spiro atoms. The first-order valence-electron chi connectivity index (χ1n) is 6.31. The van der Waals surface area contributed by atoms with Crippen molar-refractivity contribution >= 4 is 23.2 Å². The van der Waals surface area contributed by atoms with E-state index in [0.29, 0.717) is 17.3 Å². The van der Waals surface area contributed by atoms with Gasteiger partial charge in [-0.15, -0.1) is 0 Å². The first kappa shape index (κ1) is 14.5. The molecule has 104 valence electrons. The van der Waals surface area contributed by atoms with Gasteiger partial charge in [-0.25, -0.2) is 0 Å². The SMILES string of the molecule is Cc1cnccc1CNCC(=O)Nc1ccccc1Cl. The van der Waals surface area contributed by atoms with Gasteiger partial charge in [0.05, 0.1) is 17.3 Å². The van der Waals surface area contributed by atoms with Crippen molar-refractivity contribution in [1.82, 2.24) is 10.3 Å². The minimum atomic E-state index is -0.121. The Balaban J connectivity index is 1.82. The van der Waals surface area contributed by atoms with Crippen molar-refractivity contribution < 1.29 is 4.79 Å². The van der Waals surface area contributed by atoms with Gasteiger partial charge in [0.1, 0.15) is 0 Å². The average molecular weight is 290 g/mol. The number of para-hydroxylation sites is 1. The quantitative estimate of drug-likeness (QED) is 0.890. The van der Waals surface area contributed by atoms with Crippen LogP contribution >= 0.6 is 11.6 Å². The molecule has 0 atom stereocenters. The third-order valence-electron chi connectivity index (χ3n) is 2.89. The van der Waals surface area contributed by atoms with E-state index in [0.717, 1.165) is 11.1 Å². The summed E-state index contributed by atoms with van der Waals surface area (Å²) in [6, 6.07) is 9.10. The zero-order valence-electron chi connectivity index (χ0n) is 11.2.